The minimum atomic E-state index is 0.498. The monoisotopic (exact) mass is 324 g/mol. The summed E-state index contributed by atoms with van der Waals surface area (Å²) < 4.78 is 6.43. The van der Waals surface area contributed by atoms with Crippen molar-refractivity contribution in [3.8, 4) is 5.88 Å². The highest BCUT2D eigenvalue weighted by Gasteiger charge is 2.05. The predicted molar refractivity (Wildman–Crippen MR) is 78.1 cm³/mol. The quantitative estimate of drug-likeness (QED) is 0.924. The van der Waals surface area contributed by atoms with Crippen LogP contribution in [0.1, 0.15) is 6.92 Å². The lowest BCUT2D eigenvalue weighted by Crippen LogP contribution is -1.99. The molecule has 94 valence electrons. The zero-order valence-corrected chi connectivity index (χ0v) is 12.3. The predicted octanol–water partition coefficient (Wildman–Crippen LogP) is 3.98. The number of ether oxygens (including phenoxy) is 1. The Morgan fingerprint density at radius 3 is 2.89 bits per heavy atom. The normalized spacial score (nSPS) is 10.3. The van der Waals surface area contributed by atoms with Gasteiger partial charge in [-0.1, -0.05) is 33.8 Å². The molecule has 0 amide bonds. The molecule has 0 spiro atoms. The first-order valence-corrected chi connectivity index (χ1v) is 7.12. The second kappa shape index (κ2) is 6.11. The van der Waals surface area contributed by atoms with Gasteiger partial charge >= 0.3 is 0 Å². The molecule has 0 atom stereocenters. The molecule has 0 radical (unpaired) electrons. The number of pyridine rings is 1. The molecule has 2 aromatic rings. The topological polar surface area (TPSA) is 48.1 Å². The lowest BCUT2D eigenvalue weighted by Gasteiger charge is -2.07. The largest absolute Gasteiger partial charge is 0.476 e. The van der Waals surface area contributed by atoms with Crippen molar-refractivity contribution in [2.24, 2.45) is 0 Å². The average molecular weight is 325 g/mol. The number of nitrogens with zero attached hydrogens (tertiary/aromatic N) is 1. The summed E-state index contributed by atoms with van der Waals surface area (Å²) in [7, 11) is 0. The Balaban J connectivity index is 2.21. The Bertz CT molecular complexity index is 548. The van der Waals surface area contributed by atoms with E-state index in [0.29, 0.717) is 18.2 Å². The first-order chi connectivity index (χ1) is 8.69. The molecule has 0 saturated carbocycles. The van der Waals surface area contributed by atoms with E-state index < -0.39 is 0 Å². The van der Waals surface area contributed by atoms with Crippen molar-refractivity contribution in [1.29, 1.82) is 0 Å². The van der Waals surface area contributed by atoms with Gasteiger partial charge in [0.15, 0.2) is 0 Å². The fourth-order valence-electron chi connectivity index (χ4n) is 1.39. The standard InChI is InChI=1S/C13H13BrN2OS/c1-2-17-13-11(15)6-7-12(16-13)18-10-5-3-4-9(14)8-10/h3-8H,2,15H2,1H3. The molecule has 2 rings (SSSR count). The molecule has 0 aliphatic carbocycles. The summed E-state index contributed by atoms with van der Waals surface area (Å²) in [6, 6.07) is 11.8. The van der Waals surface area contributed by atoms with Gasteiger partial charge in [-0.15, -0.1) is 0 Å². The van der Waals surface area contributed by atoms with E-state index in [2.05, 4.69) is 20.9 Å². The third-order valence-electron chi connectivity index (χ3n) is 2.16. The van der Waals surface area contributed by atoms with Gasteiger partial charge in [-0.25, -0.2) is 4.98 Å². The number of hydrogen-bond acceptors (Lipinski definition) is 4. The van der Waals surface area contributed by atoms with Crippen molar-refractivity contribution < 1.29 is 4.74 Å². The van der Waals surface area contributed by atoms with Crippen molar-refractivity contribution in [2.75, 3.05) is 12.3 Å². The Morgan fingerprint density at radius 2 is 2.17 bits per heavy atom. The molecule has 5 heteroatoms. The van der Waals surface area contributed by atoms with Crippen LogP contribution in [0.2, 0.25) is 0 Å². The van der Waals surface area contributed by atoms with Crippen LogP contribution in [0, 0.1) is 0 Å². The van der Waals surface area contributed by atoms with Crippen LogP contribution in [0.3, 0.4) is 0 Å². The van der Waals surface area contributed by atoms with Crippen molar-refractivity contribution in [3.63, 3.8) is 0 Å². The van der Waals surface area contributed by atoms with Gasteiger partial charge in [0.1, 0.15) is 5.03 Å². The van der Waals surface area contributed by atoms with Crippen molar-refractivity contribution in [2.45, 2.75) is 16.8 Å². The minimum absolute atomic E-state index is 0.498. The van der Waals surface area contributed by atoms with Gasteiger partial charge in [-0.3, -0.25) is 0 Å². The summed E-state index contributed by atoms with van der Waals surface area (Å²) in [6.07, 6.45) is 0. The minimum Gasteiger partial charge on any atom is -0.476 e. The molecule has 1 aromatic carbocycles. The SMILES string of the molecule is CCOc1nc(Sc2cccc(Br)c2)ccc1N. The van der Waals surface area contributed by atoms with Gasteiger partial charge in [0.25, 0.3) is 0 Å². The molecule has 0 bridgehead atoms. The van der Waals surface area contributed by atoms with Crippen molar-refractivity contribution in [3.05, 3.63) is 40.9 Å². The molecule has 1 aromatic heterocycles. The van der Waals surface area contributed by atoms with Crippen LogP contribution >= 0.6 is 27.7 Å². The van der Waals surface area contributed by atoms with Crippen LogP contribution in [0.15, 0.2) is 50.8 Å². The fourth-order valence-corrected chi connectivity index (χ4v) is 2.78. The molecular weight excluding hydrogens is 312 g/mol. The molecule has 3 nitrogen and oxygen atoms in total. The fraction of sp³-hybridized carbons (Fsp3) is 0.154. The summed E-state index contributed by atoms with van der Waals surface area (Å²) in [5, 5.41) is 0.866. The second-order valence-corrected chi connectivity index (χ2v) is 5.55. The number of nitrogen functional groups attached to an aromatic ring is 1. The third kappa shape index (κ3) is 3.40. The van der Waals surface area contributed by atoms with Gasteiger partial charge in [0, 0.05) is 9.37 Å². The number of anilines is 1. The summed E-state index contributed by atoms with van der Waals surface area (Å²) in [5.41, 5.74) is 6.35. The van der Waals surface area contributed by atoms with Gasteiger partial charge < -0.3 is 10.5 Å². The van der Waals surface area contributed by atoms with E-state index in [9.17, 15) is 0 Å². The molecule has 0 aliphatic heterocycles. The smallest absolute Gasteiger partial charge is 0.238 e. The van der Waals surface area contributed by atoms with Gasteiger partial charge in [0.2, 0.25) is 5.88 Å². The van der Waals surface area contributed by atoms with Crippen LogP contribution in [-0.2, 0) is 0 Å². The Hall–Kier alpha value is -1.20. The highest BCUT2D eigenvalue weighted by molar-refractivity contribution is 9.10. The van der Waals surface area contributed by atoms with E-state index in [1.807, 2.05) is 43.3 Å². The van der Waals surface area contributed by atoms with E-state index >= 15 is 0 Å². The first-order valence-electron chi connectivity index (χ1n) is 5.52. The molecular formula is C13H13BrN2OS. The van der Waals surface area contributed by atoms with Gasteiger partial charge in [-0.2, -0.15) is 0 Å². The molecule has 0 fully saturated rings. The van der Waals surface area contributed by atoms with Crippen LogP contribution in [0.25, 0.3) is 0 Å². The summed E-state index contributed by atoms with van der Waals surface area (Å²) in [5.74, 6) is 0.498. The van der Waals surface area contributed by atoms with Crippen molar-refractivity contribution in [1.82, 2.24) is 4.98 Å². The molecule has 18 heavy (non-hydrogen) atoms. The van der Waals surface area contributed by atoms with Crippen molar-refractivity contribution >= 4 is 33.4 Å². The summed E-state index contributed by atoms with van der Waals surface area (Å²) in [6.45, 7) is 2.47. The number of benzene rings is 1. The highest BCUT2D eigenvalue weighted by Crippen LogP contribution is 2.31. The number of rotatable bonds is 4. The van der Waals surface area contributed by atoms with Gasteiger partial charge in [-0.05, 0) is 37.3 Å². The number of halogens is 1. The lowest BCUT2D eigenvalue weighted by molar-refractivity contribution is 0.326. The van der Waals surface area contributed by atoms with Crippen LogP contribution in [0.4, 0.5) is 5.69 Å². The zero-order chi connectivity index (χ0) is 13.0. The van der Waals surface area contributed by atoms with Crippen LogP contribution in [0.5, 0.6) is 5.88 Å². The van der Waals surface area contributed by atoms with E-state index in [4.69, 9.17) is 10.5 Å². The third-order valence-corrected chi connectivity index (χ3v) is 3.58. The Labute approximate surface area is 119 Å². The molecule has 0 saturated heterocycles. The van der Waals surface area contributed by atoms with Crippen LogP contribution in [-0.4, -0.2) is 11.6 Å². The molecule has 2 N–H and O–H groups in total. The number of nitrogens with two attached hydrogens (primary N) is 1. The average Bonchev–Trinajstić information content (AvgIpc) is 2.34. The second-order valence-electron chi connectivity index (χ2n) is 3.54. The van der Waals surface area contributed by atoms with Gasteiger partial charge in [0.05, 0.1) is 12.3 Å². The summed E-state index contributed by atoms with van der Waals surface area (Å²) >= 11 is 5.02. The zero-order valence-electron chi connectivity index (χ0n) is 9.89. The van der Waals surface area contributed by atoms with E-state index in [0.717, 1.165) is 14.4 Å². The first kappa shape index (κ1) is 13.2. The van der Waals surface area contributed by atoms with Crippen LogP contribution < -0.4 is 10.5 Å². The van der Waals surface area contributed by atoms with E-state index in [-0.39, 0.29) is 0 Å². The number of hydrogen-bond donors (Lipinski definition) is 1. The maximum absolute atomic E-state index is 5.79. The Morgan fingerprint density at radius 1 is 1.33 bits per heavy atom. The molecule has 0 aliphatic rings. The molecule has 0 unspecified atom stereocenters. The maximum Gasteiger partial charge on any atom is 0.238 e. The van der Waals surface area contributed by atoms with E-state index in [1.54, 1.807) is 11.8 Å². The summed E-state index contributed by atoms with van der Waals surface area (Å²) in [4.78, 5) is 5.50. The maximum atomic E-state index is 5.79. The lowest BCUT2D eigenvalue weighted by atomic mass is 10.4. The van der Waals surface area contributed by atoms with E-state index in [1.165, 1.54) is 0 Å². The Kier molecular flexibility index (Phi) is 4.49. The number of aromatic nitrogens is 1. The highest BCUT2D eigenvalue weighted by atomic mass is 79.9. The molecule has 1 heterocycles.